The lowest BCUT2D eigenvalue weighted by Crippen LogP contribution is -2.50. The van der Waals surface area contributed by atoms with Crippen LogP contribution in [0.4, 0.5) is 0 Å². The maximum absolute atomic E-state index is 11.5. The Morgan fingerprint density at radius 1 is 1.53 bits per heavy atom. The Hall–Kier alpha value is -1.14. The van der Waals surface area contributed by atoms with Crippen LogP contribution in [0.25, 0.3) is 0 Å². The SMILES string of the molecule is CCCNC1(C(=O)O)CCC(CC(NC)C(N)=O)C1. The summed E-state index contributed by atoms with van der Waals surface area (Å²) in [5, 5.41) is 15.5. The standard InChI is InChI=1S/C13H25N3O3/c1-3-6-16-13(12(18)19)5-4-9(8-13)7-10(15-2)11(14)17/h9-10,15-16H,3-8H2,1-2H3,(H2,14,17)(H,18,19). The summed E-state index contributed by atoms with van der Waals surface area (Å²) in [6.07, 6.45) is 3.50. The first-order valence-electron chi connectivity index (χ1n) is 6.90. The van der Waals surface area contributed by atoms with Crippen molar-refractivity contribution >= 4 is 11.9 Å². The molecule has 0 aromatic rings. The lowest BCUT2D eigenvalue weighted by molar-refractivity contribution is -0.144. The molecule has 5 N–H and O–H groups in total. The van der Waals surface area contributed by atoms with Crippen molar-refractivity contribution in [2.24, 2.45) is 11.7 Å². The molecule has 0 aliphatic heterocycles. The highest BCUT2D eigenvalue weighted by atomic mass is 16.4. The smallest absolute Gasteiger partial charge is 0.323 e. The molecule has 0 aromatic carbocycles. The molecule has 6 heteroatoms. The summed E-state index contributed by atoms with van der Waals surface area (Å²) in [5.41, 5.74) is 4.48. The zero-order chi connectivity index (χ0) is 14.5. The molecule has 1 aliphatic carbocycles. The number of carboxylic acid groups (broad SMARTS) is 1. The van der Waals surface area contributed by atoms with Crippen LogP contribution < -0.4 is 16.4 Å². The van der Waals surface area contributed by atoms with Gasteiger partial charge in [0.05, 0.1) is 6.04 Å². The number of amides is 1. The predicted molar refractivity (Wildman–Crippen MR) is 72.7 cm³/mol. The monoisotopic (exact) mass is 271 g/mol. The van der Waals surface area contributed by atoms with Crippen molar-refractivity contribution < 1.29 is 14.7 Å². The van der Waals surface area contributed by atoms with Crippen LogP contribution in [-0.4, -0.2) is 42.2 Å². The largest absolute Gasteiger partial charge is 0.480 e. The van der Waals surface area contributed by atoms with Gasteiger partial charge in [0, 0.05) is 0 Å². The molecule has 0 heterocycles. The molecular formula is C13H25N3O3. The summed E-state index contributed by atoms with van der Waals surface area (Å²) in [6, 6.07) is -0.374. The molecule has 0 bridgehead atoms. The van der Waals surface area contributed by atoms with E-state index < -0.39 is 11.5 Å². The van der Waals surface area contributed by atoms with E-state index in [1.54, 1.807) is 7.05 Å². The molecule has 19 heavy (non-hydrogen) atoms. The van der Waals surface area contributed by atoms with Crippen LogP contribution in [-0.2, 0) is 9.59 Å². The summed E-state index contributed by atoms with van der Waals surface area (Å²) in [5.74, 6) is -0.953. The van der Waals surface area contributed by atoms with Gasteiger partial charge in [0.25, 0.3) is 0 Å². The van der Waals surface area contributed by atoms with E-state index in [4.69, 9.17) is 5.73 Å². The lowest BCUT2D eigenvalue weighted by Gasteiger charge is -2.26. The number of likely N-dealkylation sites (N-methyl/N-ethyl adjacent to an activating group) is 1. The summed E-state index contributed by atoms with van der Waals surface area (Å²) in [4.78, 5) is 22.7. The van der Waals surface area contributed by atoms with Crippen LogP contribution in [0.5, 0.6) is 0 Å². The Balaban J connectivity index is 2.63. The average Bonchev–Trinajstić information content (AvgIpc) is 2.78. The number of primary amides is 1. The van der Waals surface area contributed by atoms with Crippen molar-refractivity contribution in [2.45, 2.75) is 50.6 Å². The summed E-state index contributed by atoms with van der Waals surface area (Å²) in [7, 11) is 1.70. The molecular weight excluding hydrogens is 246 g/mol. The van der Waals surface area contributed by atoms with Gasteiger partial charge in [-0.05, 0) is 51.6 Å². The van der Waals surface area contributed by atoms with Crippen molar-refractivity contribution in [2.75, 3.05) is 13.6 Å². The number of rotatable bonds is 8. The Morgan fingerprint density at radius 3 is 2.68 bits per heavy atom. The minimum atomic E-state index is -0.823. The first-order valence-corrected chi connectivity index (χ1v) is 6.90. The number of carbonyl (C=O) groups excluding carboxylic acids is 1. The fourth-order valence-electron chi connectivity index (χ4n) is 2.85. The topological polar surface area (TPSA) is 104 Å². The van der Waals surface area contributed by atoms with Gasteiger partial charge in [-0.1, -0.05) is 6.92 Å². The predicted octanol–water partition coefficient (Wildman–Crippen LogP) is 0.0729. The molecule has 1 amide bonds. The van der Waals surface area contributed by atoms with Gasteiger partial charge in [-0.15, -0.1) is 0 Å². The van der Waals surface area contributed by atoms with Gasteiger partial charge in [0.2, 0.25) is 5.91 Å². The average molecular weight is 271 g/mol. The number of nitrogens with two attached hydrogens (primary N) is 1. The van der Waals surface area contributed by atoms with E-state index in [0.717, 1.165) is 12.8 Å². The highest BCUT2D eigenvalue weighted by Crippen LogP contribution is 2.37. The fraction of sp³-hybridized carbons (Fsp3) is 0.846. The third kappa shape index (κ3) is 3.91. The van der Waals surface area contributed by atoms with E-state index in [9.17, 15) is 14.7 Å². The molecule has 1 fully saturated rings. The van der Waals surface area contributed by atoms with Crippen molar-refractivity contribution in [1.82, 2.24) is 10.6 Å². The summed E-state index contributed by atoms with van der Waals surface area (Å²) < 4.78 is 0. The molecule has 1 saturated carbocycles. The molecule has 110 valence electrons. The highest BCUT2D eigenvalue weighted by Gasteiger charge is 2.45. The van der Waals surface area contributed by atoms with E-state index in [1.165, 1.54) is 0 Å². The van der Waals surface area contributed by atoms with Crippen LogP contribution in [0.15, 0.2) is 0 Å². The van der Waals surface area contributed by atoms with E-state index in [-0.39, 0.29) is 17.9 Å². The first-order chi connectivity index (χ1) is 8.95. The Morgan fingerprint density at radius 2 is 2.21 bits per heavy atom. The van der Waals surface area contributed by atoms with Gasteiger partial charge in [0.15, 0.2) is 0 Å². The zero-order valence-corrected chi connectivity index (χ0v) is 11.7. The first kappa shape index (κ1) is 15.9. The van der Waals surface area contributed by atoms with E-state index in [0.29, 0.717) is 25.8 Å². The number of hydrogen-bond donors (Lipinski definition) is 4. The summed E-state index contributed by atoms with van der Waals surface area (Å²) in [6.45, 7) is 2.71. The van der Waals surface area contributed by atoms with Gasteiger partial charge < -0.3 is 21.5 Å². The number of carbonyl (C=O) groups is 2. The van der Waals surface area contributed by atoms with Crippen LogP contribution in [0, 0.1) is 5.92 Å². The van der Waals surface area contributed by atoms with Gasteiger partial charge >= 0.3 is 5.97 Å². The molecule has 3 unspecified atom stereocenters. The second-order valence-corrected chi connectivity index (χ2v) is 5.40. The van der Waals surface area contributed by atoms with Crippen LogP contribution in [0.3, 0.4) is 0 Å². The number of aliphatic carboxylic acids is 1. The zero-order valence-electron chi connectivity index (χ0n) is 11.7. The van der Waals surface area contributed by atoms with Gasteiger partial charge in [0.1, 0.15) is 5.54 Å². The molecule has 3 atom stereocenters. The molecule has 1 aliphatic rings. The highest BCUT2D eigenvalue weighted by molar-refractivity contribution is 5.80. The Labute approximate surface area is 114 Å². The van der Waals surface area contributed by atoms with Crippen LogP contribution in [0.1, 0.15) is 39.0 Å². The van der Waals surface area contributed by atoms with Gasteiger partial charge in [-0.25, -0.2) is 0 Å². The number of nitrogens with one attached hydrogen (secondary N) is 2. The fourth-order valence-corrected chi connectivity index (χ4v) is 2.85. The third-order valence-electron chi connectivity index (χ3n) is 4.00. The van der Waals surface area contributed by atoms with Gasteiger partial charge in [-0.3, -0.25) is 9.59 Å². The maximum atomic E-state index is 11.5. The van der Waals surface area contributed by atoms with E-state index in [1.807, 2.05) is 6.92 Å². The second kappa shape index (κ2) is 6.86. The second-order valence-electron chi connectivity index (χ2n) is 5.40. The molecule has 0 radical (unpaired) electrons. The van der Waals surface area contributed by atoms with Crippen molar-refractivity contribution in [3.63, 3.8) is 0 Å². The van der Waals surface area contributed by atoms with Crippen molar-refractivity contribution in [1.29, 1.82) is 0 Å². The molecule has 6 nitrogen and oxygen atoms in total. The number of carboxylic acids is 1. The minimum Gasteiger partial charge on any atom is -0.480 e. The molecule has 0 spiro atoms. The van der Waals surface area contributed by atoms with Crippen molar-refractivity contribution in [3.8, 4) is 0 Å². The molecule has 0 aromatic heterocycles. The molecule has 0 saturated heterocycles. The normalized spacial score (nSPS) is 28.2. The van der Waals surface area contributed by atoms with Crippen LogP contribution >= 0.6 is 0 Å². The lowest BCUT2D eigenvalue weighted by atomic mass is 9.92. The number of hydrogen-bond acceptors (Lipinski definition) is 4. The van der Waals surface area contributed by atoms with Gasteiger partial charge in [-0.2, -0.15) is 0 Å². The Bertz CT molecular complexity index is 335. The van der Waals surface area contributed by atoms with E-state index >= 15 is 0 Å². The Kier molecular flexibility index (Phi) is 5.75. The molecule has 1 rings (SSSR count). The van der Waals surface area contributed by atoms with Crippen LogP contribution in [0.2, 0.25) is 0 Å². The minimum absolute atomic E-state index is 0.213. The summed E-state index contributed by atoms with van der Waals surface area (Å²) >= 11 is 0. The maximum Gasteiger partial charge on any atom is 0.323 e. The van der Waals surface area contributed by atoms with E-state index in [2.05, 4.69) is 10.6 Å². The third-order valence-corrected chi connectivity index (χ3v) is 4.00. The van der Waals surface area contributed by atoms with Crippen molar-refractivity contribution in [3.05, 3.63) is 0 Å². The quantitative estimate of drug-likeness (QED) is 0.500.